The summed E-state index contributed by atoms with van der Waals surface area (Å²) in [4.78, 5) is 14.0. The maximum Gasteiger partial charge on any atom is 0.234 e. The Morgan fingerprint density at radius 2 is 2.03 bits per heavy atom. The second kappa shape index (κ2) is 7.28. The van der Waals surface area contributed by atoms with Crippen molar-refractivity contribution >= 4 is 16.7 Å². The van der Waals surface area contributed by atoms with Gasteiger partial charge in [0.1, 0.15) is 5.69 Å². The summed E-state index contributed by atoms with van der Waals surface area (Å²) in [5.41, 5.74) is 5.73. The second-order valence-electron chi connectivity index (χ2n) is 7.95. The number of rotatable bonds is 3. The van der Waals surface area contributed by atoms with E-state index in [0.717, 1.165) is 58.7 Å². The molecule has 6 rings (SSSR count). The Hall–Kier alpha value is -3.58. The van der Waals surface area contributed by atoms with Gasteiger partial charge in [-0.15, -0.1) is 0 Å². The van der Waals surface area contributed by atoms with Crippen LogP contribution in [0.15, 0.2) is 61.1 Å². The first kappa shape index (κ1) is 18.2. The number of imidazole rings is 1. The van der Waals surface area contributed by atoms with Crippen molar-refractivity contribution in [2.24, 2.45) is 0 Å². The summed E-state index contributed by atoms with van der Waals surface area (Å²) in [6, 6.07) is 14.3. The molecular formula is C24H22N6O. The molecule has 0 spiro atoms. The highest BCUT2D eigenvalue weighted by Crippen LogP contribution is 2.34. The predicted octanol–water partition coefficient (Wildman–Crippen LogP) is 4.82. The van der Waals surface area contributed by atoms with Crippen LogP contribution in [0.4, 0.5) is 0 Å². The van der Waals surface area contributed by atoms with Crippen LogP contribution in [0.1, 0.15) is 31.2 Å². The van der Waals surface area contributed by atoms with Gasteiger partial charge in [-0.3, -0.25) is 9.38 Å². The minimum absolute atomic E-state index is 0.0177. The molecule has 7 heteroatoms. The third-order valence-corrected chi connectivity index (χ3v) is 5.83. The van der Waals surface area contributed by atoms with E-state index in [2.05, 4.69) is 28.3 Å². The largest absolute Gasteiger partial charge is 0.356 e. The zero-order valence-corrected chi connectivity index (χ0v) is 17.3. The lowest BCUT2D eigenvalue weighted by molar-refractivity contribution is -0.0366. The molecule has 31 heavy (non-hydrogen) atoms. The molecule has 0 radical (unpaired) electrons. The van der Waals surface area contributed by atoms with Crippen LogP contribution in [-0.2, 0) is 4.74 Å². The van der Waals surface area contributed by atoms with Crippen molar-refractivity contribution in [2.45, 2.75) is 32.4 Å². The lowest BCUT2D eigenvalue weighted by Gasteiger charge is -2.23. The van der Waals surface area contributed by atoms with Crippen molar-refractivity contribution in [3.63, 3.8) is 0 Å². The summed E-state index contributed by atoms with van der Waals surface area (Å²) < 4.78 is 9.98. The van der Waals surface area contributed by atoms with E-state index in [0.29, 0.717) is 5.78 Å². The summed E-state index contributed by atoms with van der Waals surface area (Å²) >= 11 is 0. The van der Waals surface area contributed by atoms with Gasteiger partial charge < -0.3 is 4.74 Å². The molecule has 7 nitrogen and oxygen atoms in total. The monoisotopic (exact) mass is 410 g/mol. The molecular weight excluding hydrogens is 388 g/mol. The first-order valence-corrected chi connectivity index (χ1v) is 10.6. The molecule has 0 aliphatic carbocycles. The molecule has 4 aromatic heterocycles. The van der Waals surface area contributed by atoms with Gasteiger partial charge in [-0.1, -0.05) is 12.1 Å². The number of benzene rings is 1. The first-order chi connectivity index (χ1) is 15.3. The molecule has 0 amide bonds. The number of hydrogen-bond acceptors (Lipinski definition) is 5. The summed E-state index contributed by atoms with van der Waals surface area (Å²) in [5.74, 6) is 0.655. The van der Waals surface area contributed by atoms with Crippen LogP contribution in [0.25, 0.3) is 39.3 Å². The smallest absolute Gasteiger partial charge is 0.234 e. The maximum absolute atomic E-state index is 5.95. The Balaban J connectivity index is 1.52. The second-order valence-corrected chi connectivity index (χ2v) is 7.95. The lowest BCUT2D eigenvalue weighted by Crippen LogP contribution is -2.18. The van der Waals surface area contributed by atoms with E-state index in [1.54, 1.807) is 6.20 Å². The molecule has 1 unspecified atom stereocenters. The van der Waals surface area contributed by atoms with Crippen LogP contribution in [0.2, 0.25) is 0 Å². The molecule has 1 saturated heterocycles. The van der Waals surface area contributed by atoms with E-state index in [1.165, 1.54) is 6.42 Å². The molecule has 0 N–H and O–H groups in total. The summed E-state index contributed by atoms with van der Waals surface area (Å²) in [5, 5.41) is 5.72. The highest BCUT2D eigenvalue weighted by Gasteiger charge is 2.21. The van der Waals surface area contributed by atoms with E-state index in [4.69, 9.17) is 14.7 Å². The lowest BCUT2D eigenvalue weighted by atomic mass is 10.1. The zero-order valence-electron chi connectivity index (χ0n) is 17.3. The third kappa shape index (κ3) is 3.09. The predicted molar refractivity (Wildman–Crippen MR) is 119 cm³/mol. The molecule has 5 aromatic rings. The van der Waals surface area contributed by atoms with Crippen LogP contribution in [-0.4, -0.2) is 35.7 Å². The number of fused-ring (bicyclic) bond motifs is 2. The highest BCUT2D eigenvalue weighted by molar-refractivity contribution is 5.88. The average Bonchev–Trinajstić information content (AvgIpc) is 3.41. The van der Waals surface area contributed by atoms with Gasteiger partial charge in [-0.05, 0) is 56.5 Å². The van der Waals surface area contributed by atoms with E-state index < -0.39 is 0 Å². The fraction of sp³-hybridized carbons (Fsp3) is 0.250. The van der Waals surface area contributed by atoms with E-state index in [9.17, 15) is 0 Å². The Morgan fingerprint density at radius 1 is 1.06 bits per heavy atom. The Labute approximate surface area is 179 Å². The van der Waals surface area contributed by atoms with Gasteiger partial charge in [0.2, 0.25) is 5.78 Å². The minimum atomic E-state index is 0.0177. The van der Waals surface area contributed by atoms with Gasteiger partial charge in [-0.25, -0.2) is 14.6 Å². The van der Waals surface area contributed by atoms with Crippen molar-refractivity contribution in [1.29, 1.82) is 0 Å². The maximum atomic E-state index is 5.95. The molecule has 1 aliphatic rings. The number of aryl methyl sites for hydroxylation is 1. The molecule has 5 heterocycles. The van der Waals surface area contributed by atoms with Crippen LogP contribution < -0.4 is 0 Å². The van der Waals surface area contributed by atoms with E-state index >= 15 is 0 Å². The van der Waals surface area contributed by atoms with Crippen molar-refractivity contribution in [3.05, 3.63) is 66.7 Å². The summed E-state index contributed by atoms with van der Waals surface area (Å²) in [6.45, 7) is 2.79. The quantitative estimate of drug-likeness (QED) is 0.427. The number of aromatic nitrogens is 6. The topological polar surface area (TPSA) is 70.1 Å². The van der Waals surface area contributed by atoms with Crippen LogP contribution in [0, 0.1) is 6.92 Å². The minimum Gasteiger partial charge on any atom is -0.356 e. The number of nitrogens with zero attached hydrogens (tertiary/aromatic N) is 6. The molecule has 0 saturated carbocycles. The van der Waals surface area contributed by atoms with Gasteiger partial charge in [0.15, 0.2) is 6.23 Å². The summed E-state index contributed by atoms with van der Waals surface area (Å²) in [7, 11) is 0. The fourth-order valence-electron chi connectivity index (χ4n) is 4.36. The summed E-state index contributed by atoms with van der Waals surface area (Å²) in [6.07, 6.45) is 8.99. The number of ether oxygens (including phenoxy) is 1. The van der Waals surface area contributed by atoms with Crippen LogP contribution >= 0.6 is 0 Å². The van der Waals surface area contributed by atoms with Crippen LogP contribution in [0.5, 0.6) is 0 Å². The van der Waals surface area contributed by atoms with Crippen molar-refractivity contribution in [3.8, 4) is 22.6 Å². The number of pyridine rings is 1. The Bertz CT molecular complexity index is 1400. The van der Waals surface area contributed by atoms with Crippen molar-refractivity contribution in [2.75, 3.05) is 6.61 Å². The molecule has 1 aromatic carbocycles. The Kier molecular flexibility index (Phi) is 4.28. The van der Waals surface area contributed by atoms with Gasteiger partial charge in [0, 0.05) is 35.6 Å². The normalized spacial score (nSPS) is 16.9. The zero-order chi connectivity index (χ0) is 20.8. The fourth-order valence-corrected chi connectivity index (χ4v) is 4.36. The number of hydrogen-bond donors (Lipinski definition) is 0. The SMILES string of the molecule is Cc1cccc(-c2nc3ncccn3c2-c2ccc3c(cnn3C3CCCCO3)c2)n1. The third-order valence-electron chi connectivity index (χ3n) is 5.83. The van der Waals surface area contributed by atoms with Gasteiger partial charge in [0.25, 0.3) is 0 Å². The first-order valence-electron chi connectivity index (χ1n) is 10.6. The standard InChI is InChI=1S/C24H22N6O/c1-16-6-4-7-19(27-16)22-23(29-12-5-11-25-24(29)28-22)17-9-10-20-18(14-17)15-26-30(20)21-8-2-3-13-31-21/h4-7,9-12,14-15,21H,2-3,8,13H2,1H3. The molecule has 1 fully saturated rings. The molecule has 1 atom stereocenters. The molecule has 0 bridgehead atoms. The Morgan fingerprint density at radius 3 is 2.90 bits per heavy atom. The van der Waals surface area contributed by atoms with Crippen LogP contribution in [0.3, 0.4) is 0 Å². The van der Waals surface area contributed by atoms with Gasteiger partial charge in [-0.2, -0.15) is 5.10 Å². The average molecular weight is 410 g/mol. The molecule has 1 aliphatic heterocycles. The van der Waals surface area contributed by atoms with Crippen molar-refractivity contribution in [1.82, 2.24) is 29.1 Å². The van der Waals surface area contributed by atoms with Gasteiger partial charge >= 0.3 is 0 Å². The highest BCUT2D eigenvalue weighted by atomic mass is 16.5. The van der Waals surface area contributed by atoms with Crippen molar-refractivity contribution < 1.29 is 4.74 Å². The van der Waals surface area contributed by atoms with E-state index in [1.807, 2.05) is 52.7 Å². The van der Waals surface area contributed by atoms with E-state index in [-0.39, 0.29) is 6.23 Å². The van der Waals surface area contributed by atoms with Gasteiger partial charge in [0.05, 0.1) is 23.1 Å². The molecule has 154 valence electrons.